The van der Waals surface area contributed by atoms with Crippen molar-refractivity contribution in [3.8, 4) is 0 Å². The number of rotatable bonds is 4. The molecule has 0 saturated heterocycles. The molecule has 0 aromatic heterocycles. The molecule has 0 amide bonds. The van der Waals surface area contributed by atoms with Gasteiger partial charge in [-0.1, -0.05) is 18.9 Å². The molecule has 0 spiro atoms. The zero-order chi connectivity index (χ0) is 12.3. The van der Waals surface area contributed by atoms with E-state index < -0.39 is 0 Å². The Hall–Kier alpha value is -1.09. The maximum atomic E-state index is 13.5. The predicted molar refractivity (Wildman–Crippen MR) is 69.8 cm³/mol. The first-order valence-electron chi connectivity index (χ1n) is 6.36. The average Bonchev–Trinajstić information content (AvgIpc) is 2.80. The van der Waals surface area contributed by atoms with Crippen molar-refractivity contribution in [3.63, 3.8) is 0 Å². The van der Waals surface area contributed by atoms with E-state index in [1.54, 1.807) is 6.07 Å². The largest absolute Gasteiger partial charge is 0.375 e. The highest BCUT2D eigenvalue weighted by Crippen LogP contribution is 2.21. The van der Waals surface area contributed by atoms with E-state index in [1.807, 2.05) is 31.1 Å². The number of hydrogen-bond donors (Lipinski definition) is 1. The molecule has 94 valence electrons. The van der Waals surface area contributed by atoms with E-state index in [-0.39, 0.29) is 5.82 Å². The second-order valence-electron chi connectivity index (χ2n) is 5.04. The van der Waals surface area contributed by atoms with Gasteiger partial charge >= 0.3 is 0 Å². The van der Waals surface area contributed by atoms with Crippen LogP contribution in [0.2, 0.25) is 0 Å². The molecule has 0 radical (unpaired) electrons. The molecule has 2 rings (SSSR count). The minimum Gasteiger partial charge on any atom is -0.375 e. The topological polar surface area (TPSA) is 15.3 Å². The fourth-order valence-electron chi connectivity index (χ4n) is 2.40. The van der Waals surface area contributed by atoms with Crippen molar-refractivity contribution >= 4 is 5.69 Å². The highest BCUT2D eigenvalue weighted by atomic mass is 19.1. The van der Waals surface area contributed by atoms with E-state index in [1.165, 1.54) is 25.7 Å². The van der Waals surface area contributed by atoms with Gasteiger partial charge in [-0.3, -0.25) is 0 Å². The fourth-order valence-corrected chi connectivity index (χ4v) is 2.40. The van der Waals surface area contributed by atoms with Crippen LogP contribution in [0.25, 0.3) is 0 Å². The first-order valence-corrected chi connectivity index (χ1v) is 6.36. The second-order valence-corrected chi connectivity index (χ2v) is 5.04. The third-order valence-corrected chi connectivity index (χ3v) is 3.44. The third-order valence-electron chi connectivity index (χ3n) is 3.44. The van der Waals surface area contributed by atoms with E-state index >= 15 is 0 Å². The van der Waals surface area contributed by atoms with E-state index in [2.05, 4.69) is 5.32 Å². The smallest absolute Gasteiger partial charge is 0.146 e. The third kappa shape index (κ3) is 3.19. The van der Waals surface area contributed by atoms with Gasteiger partial charge in [0.25, 0.3) is 0 Å². The van der Waals surface area contributed by atoms with Gasteiger partial charge < -0.3 is 10.2 Å². The van der Waals surface area contributed by atoms with Crippen LogP contribution in [0.4, 0.5) is 10.1 Å². The van der Waals surface area contributed by atoms with Crippen molar-refractivity contribution < 1.29 is 4.39 Å². The Labute approximate surface area is 103 Å². The molecule has 3 heteroatoms. The van der Waals surface area contributed by atoms with Crippen molar-refractivity contribution in [3.05, 3.63) is 29.6 Å². The summed E-state index contributed by atoms with van der Waals surface area (Å²) in [6.07, 6.45) is 5.23. The molecule has 0 atom stereocenters. The van der Waals surface area contributed by atoms with Crippen LogP contribution < -0.4 is 10.2 Å². The molecular weight excluding hydrogens is 215 g/mol. The number of anilines is 1. The van der Waals surface area contributed by atoms with Crippen LogP contribution in [0.3, 0.4) is 0 Å². The lowest BCUT2D eigenvalue weighted by molar-refractivity contribution is 0.523. The highest BCUT2D eigenvalue weighted by molar-refractivity contribution is 5.48. The second kappa shape index (κ2) is 5.50. The van der Waals surface area contributed by atoms with Gasteiger partial charge in [0.1, 0.15) is 5.82 Å². The molecular formula is C14H21FN2. The summed E-state index contributed by atoms with van der Waals surface area (Å²) in [5.74, 6) is -0.153. The van der Waals surface area contributed by atoms with Gasteiger partial charge in [0, 0.05) is 26.7 Å². The fraction of sp³-hybridized carbons (Fsp3) is 0.571. The normalized spacial score (nSPS) is 16.4. The molecule has 0 aliphatic heterocycles. The lowest BCUT2D eigenvalue weighted by Crippen LogP contribution is -2.25. The van der Waals surface area contributed by atoms with E-state index in [0.717, 1.165) is 12.1 Å². The Kier molecular flexibility index (Phi) is 4.00. The van der Waals surface area contributed by atoms with Crippen LogP contribution in [0, 0.1) is 5.82 Å². The highest BCUT2D eigenvalue weighted by Gasteiger charge is 2.14. The number of nitrogens with one attached hydrogen (secondary N) is 1. The molecule has 1 fully saturated rings. The summed E-state index contributed by atoms with van der Waals surface area (Å²) < 4.78 is 13.5. The number of nitrogens with zero attached hydrogens (tertiary/aromatic N) is 1. The zero-order valence-electron chi connectivity index (χ0n) is 10.7. The van der Waals surface area contributed by atoms with Crippen LogP contribution in [0.15, 0.2) is 18.2 Å². The summed E-state index contributed by atoms with van der Waals surface area (Å²) >= 11 is 0. The minimum absolute atomic E-state index is 0.153. The van der Waals surface area contributed by atoms with Crippen molar-refractivity contribution in [2.45, 2.75) is 38.3 Å². The molecule has 1 aromatic carbocycles. The van der Waals surface area contributed by atoms with Crippen LogP contribution in [0.1, 0.15) is 31.2 Å². The van der Waals surface area contributed by atoms with Crippen LogP contribution in [-0.4, -0.2) is 20.1 Å². The van der Waals surface area contributed by atoms with Crippen LogP contribution in [-0.2, 0) is 6.54 Å². The SMILES string of the molecule is CN(C)c1cc(CNC2CCCC2)ccc1F. The molecule has 1 aliphatic rings. The molecule has 2 nitrogen and oxygen atoms in total. The Balaban J connectivity index is 1.98. The van der Waals surface area contributed by atoms with Gasteiger partial charge in [0.05, 0.1) is 5.69 Å². The van der Waals surface area contributed by atoms with Crippen molar-refractivity contribution in [1.29, 1.82) is 0 Å². The summed E-state index contributed by atoms with van der Waals surface area (Å²) in [5, 5.41) is 3.54. The van der Waals surface area contributed by atoms with Gasteiger partial charge in [-0.15, -0.1) is 0 Å². The summed E-state index contributed by atoms with van der Waals surface area (Å²) in [7, 11) is 3.74. The first kappa shape index (κ1) is 12.4. The minimum atomic E-state index is -0.153. The van der Waals surface area contributed by atoms with Crippen molar-refractivity contribution in [1.82, 2.24) is 5.32 Å². The summed E-state index contributed by atoms with van der Waals surface area (Å²) in [5.41, 5.74) is 1.82. The molecule has 1 N–H and O–H groups in total. The molecule has 0 heterocycles. The summed E-state index contributed by atoms with van der Waals surface area (Å²) in [6, 6.07) is 6.01. The molecule has 1 saturated carbocycles. The maximum Gasteiger partial charge on any atom is 0.146 e. The van der Waals surface area contributed by atoms with Crippen molar-refractivity contribution in [2.24, 2.45) is 0 Å². The van der Waals surface area contributed by atoms with Gasteiger partial charge in [0.2, 0.25) is 0 Å². The Bertz CT molecular complexity index is 370. The molecule has 17 heavy (non-hydrogen) atoms. The van der Waals surface area contributed by atoms with Crippen molar-refractivity contribution in [2.75, 3.05) is 19.0 Å². The monoisotopic (exact) mass is 236 g/mol. The average molecular weight is 236 g/mol. The number of hydrogen-bond acceptors (Lipinski definition) is 2. The predicted octanol–water partition coefficient (Wildman–Crippen LogP) is 2.92. The standard InChI is InChI=1S/C14H21FN2/c1-17(2)14-9-11(7-8-13(14)15)10-16-12-5-3-4-6-12/h7-9,12,16H,3-6,10H2,1-2H3. The lowest BCUT2D eigenvalue weighted by atomic mass is 10.1. The lowest BCUT2D eigenvalue weighted by Gasteiger charge is -2.16. The summed E-state index contributed by atoms with van der Waals surface area (Å²) in [6.45, 7) is 0.839. The Morgan fingerprint density at radius 3 is 2.65 bits per heavy atom. The Morgan fingerprint density at radius 2 is 2.00 bits per heavy atom. The van der Waals surface area contributed by atoms with Gasteiger partial charge in [-0.2, -0.15) is 0 Å². The zero-order valence-corrected chi connectivity index (χ0v) is 10.7. The van der Waals surface area contributed by atoms with E-state index in [9.17, 15) is 4.39 Å². The van der Waals surface area contributed by atoms with Crippen LogP contribution in [0.5, 0.6) is 0 Å². The molecule has 0 unspecified atom stereocenters. The number of benzene rings is 1. The molecule has 1 aromatic rings. The van der Waals surface area contributed by atoms with E-state index in [4.69, 9.17) is 0 Å². The maximum absolute atomic E-state index is 13.5. The summed E-state index contributed by atoms with van der Waals surface area (Å²) in [4.78, 5) is 1.81. The van der Waals surface area contributed by atoms with Crippen LogP contribution >= 0.6 is 0 Å². The number of halogens is 1. The molecule has 1 aliphatic carbocycles. The van der Waals surface area contributed by atoms with Gasteiger partial charge in [0.15, 0.2) is 0 Å². The van der Waals surface area contributed by atoms with E-state index in [0.29, 0.717) is 11.7 Å². The first-order chi connectivity index (χ1) is 8.16. The molecule has 0 bridgehead atoms. The van der Waals surface area contributed by atoms with Gasteiger partial charge in [-0.25, -0.2) is 4.39 Å². The van der Waals surface area contributed by atoms with Gasteiger partial charge in [-0.05, 0) is 30.5 Å². The Morgan fingerprint density at radius 1 is 1.29 bits per heavy atom. The quantitative estimate of drug-likeness (QED) is 0.864.